The van der Waals surface area contributed by atoms with Crippen molar-refractivity contribution in [3.05, 3.63) is 90.0 Å². The number of halogens is 2. The number of hydrogen-bond donors (Lipinski definition) is 1. The van der Waals surface area contributed by atoms with E-state index in [1.807, 2.05) is 68.4 Å². The van der Waals surface area contributed by atoms with Crippen molar-refractivity contribution in [2.24, 2.45) is 0 Å². The van der Waals surface area contributed by atoms with Crippen molar-refractivity contribution in [1.29, 1.82) is 0 Å². The summed E-state index contributed by atoms with van der Waals surface area (Å²) in [5.41, 5.74) is -3.50. The Balaban J connectivity index is 1.57. The van der Waals surface area contributed by atoms with Crippen LogP contribution < -0.4 is 9.47 Å². The summed E-state index contributed by atoms with van der Waals surface area (Å²) in [6, 6.07) is 22.5. The lowest BCUT2D eigenvalue weighted by Gasteiger charge is -2.25. The van der Waals surface area contributed by atoms with E-state index in [0.717, 1.165) is 16.9 Å². The predicted octanol–water partition coefficient (Wildman–Crippen LogP) is 5.79. The SMILES string of the molecule is CC(C)(COCc1cccc(Oc2ccccc2)c1)c1ccc(OC(F)(F)S(=O)(=O)O)cc1. The van der Waals surface area contributed by atoms with Gasteiger partial charge in [0.25, 0.3) is 0 Å². The molecule has 9 heteroatoms. The Morgan fingerprint density at radius 1 is 0.848 bits per heavy atom. The summed E-state index contributed by atoms with van der Waals surface area (Å²) in [5.74, 6) is 1.03. The van der Waals surface area contributed by atoms with Gasteiger partial charge in [0.2, 0.25) is 0 Å². The van der Waals surface area contributed by atoms with E-state index in [2.05, 4.69) is 4.74 Å². The van der Waals surface area contributed by atoms with Crippen LogP contribution in [0.4, 0.5) is 8.78 Å². The van der Waals surface area contributed by atoms with Gasteiger partial charge in [-0.1, -0.05) is 56.3 Å². The highest BCUT2D eigenvalue weighted by atomic mass is 32.2. The van der Waals surface area contributed by atoms with Gasteiger partial charge < -0.3 is 14.2 Å². The normalized spacial score (nSPS) is 12.4. The van der Waals surface area contributed by atoms with E-state index in [-0.39, 0.29) is 0 Å². The van der Waals surface area contributed by atoms with E-state index in [1.54, 1.807) is 0 Å². The summed E-state index contributed by atoms with van der Waals surface area (Å²) < 4.78 is 72.4. The van der Waals surface area contributed by atoms with E-state index in [9.17, 15) is 17.2 Å². The van der Waals surface area contributed by atoms with Crippen molar-refractivity contribution in [3.63, 3.8) is 0 Å². The third kappa shape index (κ3) is 6.74. The molecule has 3 aromatic carbocycles. The fourth-order valence-corrected chi connectivity index (χ4v) is 3.20. The molecule has 0 aliphatic rings. The predicted molar refractivity (Wildman–Crippen MR) is 119 cm³/mol. The van der Waals surface area contributed by atoms with E-state index in [1.165, 1.54) is 24.3 Å². The zero-order chi connectivity index (χ0) is 24.1. The maximum atomic E-state index is 13.3. The maximum Gasteiger partial charge on any atom is 0.533 e. The molecule has 0 spiro atoms. The van der Waals surface area contributed by atoms with Crippen LogP contribution in [0.5, 0.6) is 17.2 Å². The summed E-state index contributed by atoms with van der Waals surface area (Å²) in [7, 11) is -5.68. The average Bonchev–Trinajstić information content (AvgIpc) is 2.74. The molecule has 0 saturated heterocycles. The molecule has 0 aliphatic heterocycles. The molecule has 0 fully saturated rings. The second-order valence-electron chi connectivity index (χ2n) is 8.00. The first-order valence-corrected chi connectivity index (χ1v) is 11.4. The lowest BCUT2D eigenvalue weighted by atomic mass is 9.85. The van der Waals surface area contributed by atoms with Crippen LogP contribution in [0.2, 0.25) is 0 Å². The average molecular weight is 479 g/mol. The molecule has 0 bridgehead atoms. The molecule has 6 nitrogen and oxygen atoms in total. The van der Waals surface area contributed by atoms with Gasteiger partial charge in [-0.2, -0.15) is 8.42 Å². The van der Waals surface area contributed by atoms with Crippen molar-refractivity contribution < 1.29 is 36.0 Å². The second-order valence-corrected chi connectivity index (χ2v) is 9.43. The number of benzene rings is 3. The van der Waals surface area contributed by atoms with Crippen LogP contribution in [0, 0.1) is 0 Å². The van der Waals surface area contributed by atoms with Gasteiger partial charge in [0.15, 0.2) is 0 Å². The largest absolute Gasteiger partial charge is 0.533 e. The minimum Gasteiger partial charge on any atom is -0.457 e. The fraction of sp³-hybridized carbons (Fsp3) is 0.250. The summed E-state index contributed by atoms with van der Waals surface area (Å²) in [6.07, 6.45) is 0. The van der Waals surface area contributed by atoms with Gasteiger partial charge in [-0.3, -0.25) is 4.55 Å². The summed E-state index contributed by atoms with van der Waals surface area (Å²) in [4.78, 5) is 0. The molecule has 33 heavy (non-hydrogen) atoms. The smallest absolute Gasteiger partial charge is 0.457 e. The molecule has 3 aromatic rings. The summed E-state index contributed by atoms with van der Waals surface area (Å²) in [6.45, 7) is 4.52. The summed E-state index contributed by atoms with van der Waals surface area (Å²) >= 11 is 0. The second kappa shape index (κ2) is 9.86. The first-order chi connectivity index (χ1) is 15.5. The van der Waals surface area contributed by atoms with Gasteiger partial charge in [0.05, 0.1) is 13.2 Å². The van der Waals surface area contributed by atoms with Crippen LogP contribution in [0.15, 0.2) is 78.9 Å². The van der Waals surface area contributed by atoms with Crippen molar-refractivity contribution in [2.75, 3.05) is 6.61 Å². The Bertz CT molecular complexity index is 1160. The number of para-hydroxylation sites is 1. The molecule has 0 aromatic heterocycles. The van der Waals surface area contributed by atoms with Crippen LogP contribution in [0.1, 0.15) is 25.0 Å². The number of alkyl halides is 2. The van der Waals surface area contributed by atoms with E-state index in [0.29, 0.717) is 19.0 Å². The minimum absolute atomic E-state index is 0.332. The lowest BCUT2D eigenvalue weighted by molar-refractivity contribution is -0.103. The van der Waals surface area contributed by atoms with Crippen LogP contribution in [-0.2, 0) is 26.9 Å². The van der Waals surface area contributed by atoms with Crippen molar-refractivity contribution in [1.82, 2.24) is 0 Å². The first kappa shape index (κ1) is 24.6. The van der Waals surface area contributed by atoms with Crippen LogP contribution >= 0.6 is 0 Å². The minimum atomic E-state index is -5.68. The highest BCUT2D eigenvalue weighted by Gasteiger charge is 2.47. The van der Waals surface area contributed by atoms with Gasteiger partial charge >= 0.3 is 15.6 Å². The molecular formula is C24H24F2O6S. The quantitative estimate of drug-likeness (QED) is 0.372. The van der Waals surface area contributed by atoms with E-state index >= 15 is 0 Å². The molecular weight excluding hydrogens is 454 g/mol. The zero-order valence-corrected chi connectivity index (χ0v) is 18.9. The molecule has 0 radical (unpaired) electrons. The highest BCUT2D eigenvalue weighted by molar-refractivity contribution is 7.86. The molecule has 0 amide bonds. The van der Waals surface area contributed by atoms with Gasteiger partial charge in [-0.15, -0.1) is 8.78 Å². The van der Waals surface area contributed by atoms with Crippen LogP contribution in [0.3, 0.4) is 0 Å². The maximum absolute atomic E-state index is 13.3. The Hall–Kier alpha value is -3.01. The molecule has 0 heterocycles. The van der Waals surface area contributed by atoms with Gasteiger partial charge in [0.1, 0.15) is 17.2 Å². The third-order valence-electron chi connectivity index (χ3n) is 4.78. The van der Waals surface area contributed by atoms with Crippen LogP contribution in [-0.4, -0.2) is 25.0 Å². The Kier molecular flexibility index (Phi) is 7.36. The molecule has 3 rings (SSSR count). The molecule has 0 atom stereocenters. The molecule has 0 unspecified atom stereocenters. The van der Waals surface area contributed by atoms with Crippen molar-refractivity contribution >= 4 is 10.1 Å². The van der Waals surface area contributed by atoms with Crippen molar-refractivity contribution in [2.45, 2.75) is 31.3 Å². The Morgan fingerprint density at radius 3 is 2.12 bits per heavy atom. The molecule has 1 N–H and O–H groups in total. The lowest BCUT2D eigenvalue weighted by Crippen LogP contribution is -2.34. The Labute approximate surface area is 191 Å². The monoisotopic (exact) mass is 478 g/mol. The van der Waals surface area contributed by atoms with Crippen LogP contribution in [0.25, 0.3) is 0 Å². The standard InChI is InChI=1S/C24H24F2O6S/c1-23(2,19-11-13-21(14-12-19)32-24(25,26)33(27,28)29)17-30-16-18-7-6-10-22(15-18)31-20-8-4-3-5-9-20/h3-15H,16-17H2,1-2H3,(H,27,28,29). The fourth-order valence-electron chi connectivity index (χ4n) is 2.99. The third-order valence-corrected chi connectivity index (χ3v) is 5.47. The van der Waals surface area contributed by atoms with E-state index < -0.39 is 26.7 Å². The summed E-state index contributed by atoms with van der Waals surface area (Å²) in [5, 5.41) is 0. The number of hydrogen-bond acceptors (Lipinski definition) is 5. The molecule has 0 aliphatic carbocycles. The van der Waals surface area contributed by atoms with Gasteiger partial charge in [-0.05, 0) is 47.5 Å². The molecule has 176 valence electrons. The van der Waals surface area contributed by atoms with Gasteiger partial charge in [-0.25, -0.2) is 0 Å². The number of rotatable bonds is 10. The van der Waals surface area contributed by atoms with Gasteiger partial charge in [0, 0.05) is 5.41 Å². The highest BCUT2D eigenvalue weighted by Crippen LogP contribution is 2.30. The van der Waals surface area contributed by atoms with E-state index in [4.69, 9.17) is 14.0 Å². The first-order valence-electron chi connectivity index (χ1n) is 10.0. The van der Waals surface area contributed by atoms with Crippen molar-refractivity contribution in [3.8, 4) is 17.2 Å². The number of ether oxygens (including phenoxy) is 3. The zero-order valence-electron chi connectivity index (χ0n) is 18.1. The molecule has 0 saturated carbocycles. The topological polar surface area (TPSA) is 82.1 Å². The Morgan fingerprint density at radius 2 is 1.48 bits per heavy atom.